The fourth-order valence-corrected chi connectivity index (χ4v) is 3.94. The Morgan fingerprint density at radius 3 is 2.14 bits per heavy atom. The summed E-state index contributed by atoms with van der Waals surface area (Å²) in [7, 11) is 1.60. The van der Waals surface area contributed by atoms with Crippen molar-refractivity contribution in [3.63, 3.8) is 0 Å². The number of unbranched alkanes of at least 4 members (excludes halogenated alkanes) is 10. The van der Waals surface area contributed by atoms with E-state index in [2.05, 4.69) is 17.5 Å². The van der Waals surface area contributed by atoms with Gasteiger partial charge in [-0.25, -0.2) is 5.43 Å². The average molecular weight is 501 g/mol. The van der Waals surface area contributed by atoms with E-state index in [0.717, 1.165) is 24.0 Å². The number of hydrogen-bond acceptors (Lipinski definition) is 4. The van der Waals surface area contributed by atoms with Gasteiger partial charge in [-0.15, -0.1) is 0 Å². The van der Waals surface area contributed by atoms with Crippen LogP contribution in [0.3, 0.4) is 0 Å². The van der Waals surface area contributed by atoms with Crippen molar-refractivity contribution in [1.29, 1.82) is 0 Å². The van der Waals surface area contributed by atoms with Crippen LogP contribution in [0, 0.1) is 0 Å². The van der Waals surface area contributed by atoms with Gasteiger partial charge in [-0.1, -0.05) is 94.9 Å². The molecule has 6 heteroatoms. The van der Waals surface area contributed by atoms with Crippen LogP contribution in [0.15, 0.2) is 47.6 Å². The number of hydrazone groups is 1. The Balaban J connectivity index is 1.61. The third-order valence-electron chi connectivity index (χ3n) is 5.91. The molecule has 2 rings (SSSR count). The zero-order chi connectivity index (χ0) is 25.1. The fourth-order valence-electron chi connectivity index (χ4n) is 3.81. The van der Waals surface area contributed by atoms with Crippen molar-refractivity contribution < 1.29 is 14.3 Å². The van der Waals surface area contributed by atoms with Gasteiger partial charge < -0.3 is 9.47 Å². The summed E-state index contributed by atoms with van der Waals surface area (Å²) >= 11 is 5.92. The number of rotatable bonds is 18. The molecule has 0 saturated heterocycles. The third kappa shape index (κ3) is 12.7. The molecule has 2 aromatic carbocycles. The van der Waals surface area contributed by atoms with Crippen LogP contribution in [0.2, 0.25) is 5.02 Å². The number of nitrogens with one attached hydrogen (secondary N) is 1. The number of carbonyl (C=O) groups is 1. The standard InChI is InChI=1S/C29H41ClN2O3/c1-3-4-5-6-7-8-9-10-11-12-13-14-29(33)32-31-22-25-17-20-27(28(21-25)34-2)35-23-24-15-18-26(30)19-16-24/h15-22H,3-14,23H2,1-2H3,(H,32,33)/b31-22-. The van der Waals surface area contributed by atoms with Crippen molar-refractivity contribution in [3.8, 4) is 11.5 Å². The molecule has 0 aromatic heterocycles. The molecular formula is C29H41ClN2O3. The smallest absolute Gasteiger partial charge is 0.240 e. The number of halogens is 1. The van der Waals surface area contributed by atoms with E-state index >= 15 is 0 Å². The van der Waals surface area contributed by atoms with E-state index < -0.39 is 0 Å². The molecule has 5 nitrogen and oxygen atoms in total. The predicted molar refractivity (Wildman–Crippen MR) is 146 cm³/mol. The van der Waals surface area contributed by atoms with Crippen molar-refractivity contribution in [2.24, 2.45) is 5.10 Å². The molecule has 192 valence electrons. The second-order valence-corrected chi connectivity index (χ2v) is 9.34. The van der Waals surface area contributed by atoms with E-state index in [0.29, 0.717) is 29.5 Å². The minimum atomic E-state index is -0.0490. The van der Waals surface area contributed by atoms with Gasteiger partial charge in [-0.2, -0.15) is 5.10 Å². The van der Waals surface area contributed by atoms with Crippen molar-refractivity contribution in [2.45, 2.75) is 90.6 Å². The topological polar surface area (TPSA) is 59.9 Å². The van der Waals surface area contributed by atoms with Crippen molar-refractivity contribution in [1.82, 2.24) is 5.43 Å². The highest BCUT2D eigenvalue weighted by Gasteiger charge is 2.06. The largest absolute Gasteiger partial charge is 0.493 e. The Morgan fingerprint density at radius 2 is 1.51 bits per heavy atom. The van der Waals surface area contributed by atoms with Crippen molar-refractivity contribution in [2.75, 3.05) is 7.11 Å². The average Bonchev–Trinajstić information content (AvgIpc) is 2.87. The van der Waals surface area contributed by atoms with Gasteiger partial charge in [-0.3, -0.25) is 4.79 Å². The number of amides is 1. The Hall–Kier alpha value is -2.53. The van der Waals surface area contributed by atoms with Gasteiger partial charge in [0.1, 0.15) is 6.61 Å². The summed E-state index contributed by atoms with van der Waals surface area (Å²) in [5, 5.41) is 4.78. The van der Waals surface area contributed by atoms with Crippen LogP contribution in [-0.4, -0.2) is 19.2 Å². The SMILES string of the molecule is CCCCCCCCCCCCCC(=O)N/N=C\c1ccc(OCc2ccc(Cl)cc2)c(OC)c1. The number of carbonyl (C=O) groups excluding carboxylic acids is 1. The van der Waals surface area contributed by atoms with Gasteiger partial charge in [0.25, 0.3) is 0 Å². The first-order valence-electron chi connectivity index (χ1n) is 13.0. The molecule has 1 N–H and O–H groups in total. The summed E-state index contributed by atoms with van der Waals surface area (Å²) < 4.78 is 11.3. The van der Waals surface area contributed by atoms with E-state index in [-0.39, 0.29) is 5.91 Å². The third-order valence-corrected chi connectivity index (χ3v) is 6.16. The summed E-state index contributed by atoms with van der Waals surface area (Å²) in [4.78, 5) is 12.0. The van der Waals surface area contributed by atoms with E-state index in [1.54, 1.807) is 13.3 Å². The molecule has 0 unspecified atom stereocenters. The summed E-state index contributed by atoms with van der Waals surface area (Å²) in [5.41, 5.74) is 4.45. The first-order valence-corrected chi connectivity index (χ1v) is 13.4. The molecule has 35 heavy (non-hydrogen) atoms. The summed E-state index contributed by atoms with van der Waals surface area (Å²) in [6, 6.07) is 13.1. The minimum Gasteiger partial charge on any atom is -0.493 e. The molecule has 0 aliphatic heterocycles. The zero-order valence-corrected chi connectivity index (χ0v) is 22.1. The van der Waals surface area contributed by atoms with Crippen LogP contribution in [0.25, 0.3) is 0 Å². The van der Waals surface area contributed by atoms with Crippen LogP contribution in [0.4, 0.5) is 0 Å². The lowest BCUT2D eigenvalue weighted by Crippen LogP contribution is -2.16. The van der Waals surface area contributed by atoms with E-state index in [4.69, 9.17) is 21.1 Å². The van der Waals surface area contributed by atoms with E-state index in [1.165, 1.54) is 57.8 Å². The van der Waals surface area contributed by atoms with Gasteiger partial charge in [0.2, 0.25) is 5.91 Å². The summed E-state index contributed by atoms with van der Waals surface area (Å²) in [6.07, 6.45) is 16.1. The number of nitrogens with zero attached hydrogens (tertiary/aromatic N) is 1. The van der Waals surface area contributed by atoms with Gasteiger partial charge in [0, 0.05) is 11.4 Å². The molecule has 2 aromatic rings. The lowest BCUT2D eigenvalue weighted by atomic mass is 10.1. The fraction of sp³-hybridized carbons (Fsp3) is 0.517. The molecule has 0 spiro atoms. The molecule has 0 fully saturated rings. The van der Waals surface area contributed by atoms with Gasteiger partial charge >= 0.3 is 0 Å². The maximum Gasteiger partial charge on any atom is 0.240 e. The lowest BCUT2D eigenvalue weighted by Gasteiger charge is -2.11. The van der Waals surface area contributed by atoms with Crippen LogP contribution in [0.5, 0.6) is 11.5 Å². The first kappa shape index (κ1) is 28.7. The van der Waals surface area contributed by atoms with Crippen molar-refractivity contribution in [3.05, 3.63) is 58.6 Å². The Bertz CT molecular complexity index is 884. The van der Waals surface area contributed by atoms with Crippen LogP contribution < -0.4 is 14.9 Å². The van der Waals surface area contributed by atoms with Crippen molar-refractivity contribution >= 4 is 23.7 Å². The molecular weight excluding hydrogens is 460 g/mol. The first-order chi connectivity index (χ1) is 17.1. The van der Waals surface area contributed by atoms with Crippen LogP contribution in [0.1, 0.15) is 95.1 Å². The Labute approximate surface area is 216 Å². The normalized spacial score (nSPS) is 11.1. The monoisotopic (exact) mass is 500 g/mol. The molecule has 0 heterocycles. The maximum atomic E-state index is 12.0. The van der Waals surface area contributed by atoms with Gasteiger partial charge in [0.15, 0.2) is 11.5 Å². The van der Waals surface area contributed by atoms with Gasteiger partial charge in [-0.05, 0) is 47.9 Å². The maximum absolute atomic E-state index is 12.0. The lowest BCUT2D eigenvalue weighted by molar-refractivity contribution is -0.121. The number of ether oxygens (including phenoxy) is 2. The van der Waals surface area contributed by atoms with Crippen LogP contribution >= 0.6 is 11.6 Å². The second kappa shape index (κ2) is 17.8. The Kier molecular flexibility index (Phi) is 14.6. The highest BCUT2D eigenvalue weighted by Crippen LogP contribution is 2.28. The molecule has 0 radical (unpaired) electrons. The zero-order valence-electron chi connectivity index (χ0n) is 21.4. The number of methoxy groups -OCH3 is 1. The molecule has 0 bridgehead atoms. The van der Waals surface area contributed by atoms with E-state index in [1.807, 2.05) is 42.5 Å². The van der Waals surface area contributed by atoms with Crippen LogP contribution in [-0.2, 0) is 11.4 Å². The number of hydrogen-bond donors (Lipinski definition) is 1. The molecule has 0 atom stereocenters. The molecule has 0 saturated carbocycles. The summed E-state index contributed by atoms with van der Waals surface area (Å²) in [5.74, 6) is 1.20. The van der Waals surface area contributed by atoms with Gasteiger partial charge in [0.05, 0.1) is 13.3 Å². The molecule has 0 aliphatic carbocycles. The highest BCUT2D eigenvalue weighted by molar-refractivity contribution is 6.30. The summed E-state index contributed by atoms with van der Waals surface area (Å²) in [6.45, 7) is 2.67. The molecule has 1 amide bonds. The second-order valence-electron chi connectivity index (χ2n) is 8.90. The Morgan fingerprint density at radius 1 is 0.886 bits per heavy atom. The number of benzene rings is 2. The molecule has 0 aliphatic rings. The highest BCUT2D eigenvalue weighted by atomic mass is 35.5. The predicted octanol–water partition coefficient (Wildman–Crippen LogP) is 8.08. The van der Waals surface area contributed by atoms with E-state index in [9.17, 15) is 4.79 Å². The quantitative estimate of drug-likeness (QED) is 0.128. The minimum absolute atomic E-state index is 0.0490.